The SMILES string of the molecule is Cc1ccc2c(c1)c1cc(-c3ccccc3C)cc3c4ccc5c(cc6c7ccc(C)cc7c7cc(-c8ccccc8C)cc5c76)c4cc2c31. The van der Waals surface area contributed by atoms with Crippen LogP contribution in [0.5, 0.6) is 0 Å². The number of fused-ring (bicyclic) bond motifs is 11. The highest BCUT2D eigenvalue weighted by atomic mass is 14.2. The van der Waals surface area contributed by atoms with Gasteiger partial charge in [-0.15, -0.1) is 0 Å². The van der Waals surface area contributed by atoms with Gasteiger partial charge in [-0.25, -0.2) is 0 Å². The predicted octanol–water partition coefficient (Wildman–Crippen LogP) is 14.4. The predicted molar refractivity (Wildman–Crippen MR) is 219 cm³/mol. The molecule has 11 aromatic carbocycles. The standard InChI is InChI=1S/C50H34/c1-27-13-15-35-39(19-27)45-23-31(33-11-7-5-9-29(33)3)21-43-37-17-18-38-42(41(37)25-47(35)49(43)45)26-48-36-16-14-28(2)20-40(36)46-24-32(22-44(38)50(46)48)34-12-8-6-10-30(34)4/h5-26H,1-4H3. The Morgan fingerprint density at radius 2 is 0.580 bits per heavy atom. The summed E-state index contributed by atoms with van der Waals surface area (Å²) < 4.78 is 0. The summed E-state index contributed by atoms with van der Waals surface area (Å²) in [4.78, 5) is 0. The maximum Gasteiger partial charge on any atom is -0.00195 e. The molecule has 0 aromatic heterocycles. The maximum atomic E-state index is 2.51. The molecule has 0 heteroatoms. The van der Waals surface area contributed by atoms with Gasteiger partial charge < -0.3 is 0 Å². The highest BCUT2D eigenvalue weighted by Crippen LogP contribution is 2.49. The average molecular weight is 635 g/mol. The van der Waals surface area contributed by atoms with Crippen LogP contribution in [0.1, 0.15) is 22.3 Å². The van der Waals surface area contributed by atoms with Gasteiger partial charge in [-0.3, -0.25) is 0 Å². The van der Waals surface area contributed by atoms with Gasteiger partial charge in [0, 0.05) is 0 Å². The highest BCUT2D eigenvalue weighted by Gasteiger charge is 2.21. The van der Waals surface area contributed by atoms with Crippen LogP contribution in [0.25, 0.3) is 108 Å². The van der Waals surface area contributed by atoms with Crippen LogP contribution in [-0.4, -0.2) is 0 Å². The molecule has 50 heavy (non-hydrogen) atoms. The van der Waals surface area contributed by atoms with E-state index in [9.17, 15) is 0 Å². The van der Waals surface area contributed by atoms with Gasteiger partial charge in [0.2, 0.25) is 0 Å². The van der Waals surface area contributed by atoms with E-state index in [1.807, 2.05) is 0 Å². The monoisotopic (exact) mass is 634 g/mol. The lowest BCUT2D eigenvalue weighted by atomic mass is 9.89. The molecule has 0 aliphatic rings. The first-order chi connectivity index (χ1) is 24.4. The summed E-state index contributed by atoms with van der Waals surface area (Å²) in [5.41, 5.74) is 10.4. The fourth-order valence-corrected chi connectivity index (χ4v) is 9.33. The molecule has 0 N–H and O–H groups in total. The summed E-state index contributed by atoms with van der Waals surface area (Å²) in [6.45, 7) is 8.88. The van der Waals surface area contributed by atoms with Gasteiger partial charge in [0.05, 0.1) is 0 Å². The minimum atomic E-state index is 1.28. The van der Waals surface area contributed by atoms with E-state index in [1.54, 1.807) is 0 Å². The van der Waals surface area contributed by atoms with Crippen molar-refractivity contribution >= 4 is 86.2 Å². The molecule has 0 atom stereocenters. The molecule has 0 fully saturated rings. The van der Waals surface area contributed by atoms with Crippen molar-refractivity contribution in [2.24, 2.45) is 0 Å². The molecule has 0 spiro atoms. The van der Waals surface area contributed by atoms with E-state index in [-0.39, 0.29) is 0 Å². The summed E-state index contributed by atoms with van der Waals surface area (Å²) in [5.74, 6) is 0. The van der Waals surface area contributed by atoms with Crippen LogP contribution in [0.3, 0.4) is 0 Å². The molecule has 0 nitrogen and oxygen atoms in total. The second-order valence-electron chi connectivity index (χ2n) is 14.7. The molecule has 0 heterocycles. The van der Waals surface area contributed by atoms with E-state index in [0.717, 1.165) is 0 Å². The van der Waals surface area contributed by atoms with Crippen LogP contribution in [0.4, 0.5) is 0 Å². The van der Waals surface area contributed by atoms with Crippen LogP contribution in [0.2, 0.25) is 0 Å². The number of hydrogen-bond donors (Lipinski definition) is 0. The van der Waals surface area contributed by atoms with Crippen LogP contribution in [0, 0.1) is 27.7 Å². The summed E-state index contributed by atoms with van der Waals surface area (Å²) in [6.07, 6.45) is 0. The topological polar surface area (TPSA) is 0 Å². The molecular formula is C50H34. The van der Waals surface area contributed by atoms with Crippen LogP contribution < -0.4 is 0 Å². The summed E-state index contributed by atoms with van der Waals surface area (Å²) in [5, 5.41) is 21.5. The number of aryl methyl sites for hydroxylation is 4. The van der Waals surface area contributed by atoms with E-state index >= 15 is 0 Å². The van der Waals surface area contributed by atoms with Crippen molar-refractivity contribution in [3.63, 3.8) is 0 Å². The van der Waals surface area contributed by atoms with E-state index in [0.29, 0.717) is 0 Å². The Morgan fingerprint density at radius 3 is 0.980 bits per heavy atom. The Kier molecular flexibility index (Phi) is 5.47. The normalized spacial score (nSPS) is 12.4. The Hall–Kier alpha value is -5.98. The Balaban J connectivity index is 1.36. The van der Waals surface area contributed by atoms with Crippen LogP contribution in [-0.2, 0) is 0 Å². The molecule has 0 saturated carbocycles. The van der Waals surface area contributed by atoms with E-state index in [1.165, 1.54) is 131 Å². The zero-order chi connectivity index (χ0) is 33.4. The first-order valence-corrected chi connectivity index (χ1v) is 17.8. The fraction of sp³-hybridized carbons (Fsp3) is 0.0800. The lowest BCUT2D eigenvalue weighted by Crippen LogP contribution is -1.88. The summed E-state index contributed by atoms with van der Waals surface area (Å²) >= 11 is 0. The molecule has 0 bridgehead atoms. The van der Waals surface area contributed by atoms with Gasteiger partial charge in [0.1, 0.15) is 0 Å². The number of benzene rings is 9. The molecule has 11 aromatic rings. The van der Waals surface area contributed by atoms with Gasteiger partial charge in [0.25, 0.3) is 0 Å². The van der Waals surface area contributed by atoms with Gasteiger partial charge in [0.15, 0.2) is 0 Å². The molecule has 0 saturated heterocycles. The smallest absolute Gasteiger partial charge is 0.00195 e. The van der Waals surface area contributed by atoms with E-state index in [4.69, 9.17) is 0 Å². The van der Waals surface area contributed by atoms with Gasteiger partial charge >= 0.3 is 0 Å². The van der Waals surface area contributed by atoms with Gasteiger partial charge in [-0.05, 0) is 184 Å². The molecule has 0 aliphatic heterocycles. The van der Waals surface area contributed by atoms with Crippen molar-refractivity contribution in [2.45, 2.75) is 27.7 Å². The van der Waals surface area contributed by atoms with Crippen LogP contribution in [0.15, 0.2) is 133 Å². The zero-order valence-corrected chi connectivity index (χ0v) is 28.7. The van der Waals surface area contributed by atoms with Crippen molar-refractivity contribution in [3.8, 4) is 22.3 Å². The number of rotatable bonds is 2. The van der Waals surface area contributed by atoms with Gasteiger partial charge in [-0.1, -0.05) is 108 Å². The quantitative estimate of drug-likeness (QED) is 0.166. The minimum absolute atomic E-state index is 1.28. The van der Waals surface area contributed by atoms with Crippen molar-refractivity contribution in [2.75, 3.05) is 0 Å². The van der Waals surface area contributed by atoms with Crippen molar-refractivity contribution in [1.29, 1.82) is 0 Å². The maximum absolute atomic E-state index is 2.51. The second kappa shape index (κ2) is 9.80. The molecule has 0 amide bonds. The van der Waals surface area contributed by atoms with Gasteiger partial charge in [-0.2, -0.15) is 0 Å². The lowest BCUT2D eigenvalue weighted by Gasteiger charge is -2.15. The first-order valence-electron chi connectivity index (χ1n) is 17.8. The second-order valence-corrected chi connectivity index (χ2v) is 14.7. The molecular weight excluding hydrogens is 601 g/mol. The molecule has 234 valence electrons. The minimum Gasteiger partial charge on any atom is -0.0620 e. The highest BCUT2D eigenvalue weighted by molar-refractivity contribution is 6.40. The Morgan fingerprint density at radius 1 is 0.260 bits per heavy atom. The van der Waals surface area contributed by atoms with Crippen molar-refractivity contribution in [1.82, 2.24) is 0 Å². The van der Waals surface area contributed by atoms with Crippen molar-refractivity contribution < 1.29 is 0 Å². The van der Waals surface area contributed by atoms with E-state index < -0.39 is 0 Å². The third kappa shape index (κ3) is 3.66. The lowest BCUT2D eigenvalue weighted by molar-refractivity contribution is 1.47. The largest absolute Gasteiger partial charge is 0.0620 e. The summed E-state index contributed by atoms with van der Waals surface area (Å²) in [7, 11) is 0. The van der Waals surface area contributed by atoms with Crippen LogP contribution >= 0.6 is 0 Å². The fourth-order valence-electron chi connectivity index (χ4n) is 9.33. The first kappa shape index (κ1) is 27.9. The summed E-state index contributed by atoms with van der Waals surface area (Å²) in [6, 6.07) is 51.2. The Labute approximate surface area is 290 Å². The molecule has 11 rings (SSSR count). The van der Waals surface area contributed by atoms with E-state index in [2.05, 4.69) is 161 Å². The molecule has 0 aliphatic carbocycles. The third-order valence-electron chi connectivity index (χ3n) is 11.7. The molecule has 0 radical (unpaired) electrons. The number of hydrogen-bond acceptors (Lipinski definition) is 0. The zero-order valence-electron chi connectivity index (χ0n) is 28.7. The van der Waals surface area contributed by atoms with Crippen molar-refractivity contribution in [3.05, 3.63) is 156 Å². The molecule has 0 unspecified atom stereocenters. The third-order valence-corrected chi connectivity index (χ3v) is 11.7. The Bertz CT molecular complexity index is 3010. The average Bonchev–Trinajstić information content (AvgIpc) is 3.60.